The lowest BCUT2D eigenvalue weighted by Crippen LogP contribution is -2.37. The summed E-state index contributed by atoms with van der Waals surface area (Å²) in [6, 6.07) is 0.0951. The summed E-state index contributed by atoms with van der Waals surface area (Å²) in [6.45, 7) is 7.14. The van der Waals surface area contributed by atoms with Crippen LogP contribution in [-0.2, 0) is 4.74 Å². The largest absolute Gasteiger partial charge is 0.409 e. The van der Waals surface area contributed by atoms with E-state index < -0.39 is 6.10 Å². The maximum atomic E-state index is 9.13. The smallest absolute Gasteiger partial charge is 0.168 e. The van der Waals surface area contributed by atoms with Gasteiger partial charge in [0.1, 0.15) is 6.10 Å². The van der Waals surface area contributed by atoms with E-state index in [0.717, 1.165) is 6.42 Å². The molecule has 6 heteroatoms. The van der Waals surface area contributed by atoms with Gasteiger partial charge < -0.3 is 26.1 Å². The molecule has 5 N–H and O–H groups in total. The Hall–Kier alpha value is -0.850. The number of rotatable bonds is 9. The fourth-order valence-electron chi connectivity index (χ4n) is 1.46. The zero-order valence-corrected chi connectivity index (χ0v) is 10.9. The van der Waals surface area contributed by atoms with Gasteiger partial charge in [0.2, 0.25) is 0 Å². The Balaban J connectivity index is 3.68. The van der Waals surface area contributed by atoms with E-state index in [2.05, 4.69) is 24.3 Å². The van der Waals surface area contributed by atoms with E-state index >= 15 is 0 Å². The van der Waals surface area contributed by atoms with Crippen molar-refractivity contribution in [2.45, 2.75) is 39.3 Å². The third-order valence-corrected chi connectivity index (χ3v) is 2.41. The molecule has 0 rings (SSSR count). The molecule has 2 atom stereocenters. The lowest BCUT2D eigenvalue weighted by atomic mass is 10.0. The Morgan fingerprint density at radius 1 is 1.41 bits per heavy atom. The van der Waals surface area contributed by atoms with Gasteiger partial charge in [-0.15, -0.1) is 0 Å². The molecule has 6 nitrogen and oxygen atoms in total. The van der Waals surface area contributed by atoms with E-state index in [1.165, 1.54) is 0 Å². The highest BCUT2D eigenvalue weighted by molar-refractivity contribution is 5.83. The molecule has 0 radical (unpaired) electrons. The van der Waals surface area contributed by atoms with E-state index in [1.54, 1.807) is 6.92 Å². The highest BCUT2D eigenvalue weighted by Crippen LogP contribution is 2.03. The summed E-state index contributed by atoms with van der Waals surface area (Å²) in [5, 5.41) is 23.6. The highest BCUT2D eigenvalue weighted by atomic mass is 16.5. The Bertz CT molecular complexity index is 222. The SMILES string of the molecule is CC(C)CC(CO)NCCOC(C)C(N)=NO. The van der Waals surface area contributed by atoms with Crippen LogP contribution < -0.4 is 11.1 Å². The molecule has 2 unspecified atom stereocenters. The molecule has 0 fully saturated rings. The van der Waals surface area contributed by atoms with Crippen LogP contribution in [0.3, 0.4) is 0 Å². The summed E-state index contributed by atoms with van der Waals surface area (Å²) in [5.74, 6) is 0.600. The van der Waals surface area contributed by atoms with Crippen LogP contribution in [0.5, 0.6) is 0 Å². The highest BCUT2D eigenvalue weighted by Gasteiger charge is 2.10. The maximum Gasteiger partial charge on any atom is 0.168 e. The molecule has 0 aromatic heterocycles. The number of hydrogen-bond acceptors (Lipinski definition) is 5. The van der Waals surface area contributed by atoms with E-state index in [1.807, 2.05) is 0 Å². The first-order valence-corrected chi connectivity index (χ1v) is 5.94. The fraction of sp³-hybridized carbons (Fsp3) is 0.909. The standard InChI is InChI=1S/C11H25N3O3/c1-8(2)6-10(7-15)13-4-5-17-9(3)11(12)14-16/h8-10,13,15-16H,4-7H2,1-3H3,(H2,12,14). The Morgan fingerprint density at radius 3 is 2.53 bits per heavy atom. The Kier molecular flexibility index (Phi) is 8.75. The maximum absolute atomic E-state index is 9.13. The predicted octanol–water partition coefficient (Wildman–Crippen LogP) is 0.135. The molecule has 17 heavy (non-hydrogen) atoms. The van der Waals surface area contributed by atoms with Crippen LogP contribution in [0, 0.1) is 5.92 Å². The number of aliphatic hydroxyl groups is 1. The lowest BCUT2D eigenvalue weighted by molar-refractivity contribution is 0.102. The van der Waals surface area contributed by atoms with Crippen LogP contribution in [0.25, 0.3) is 0 Å². The fourth-order valence-corrected chi connectivity index (χ4v) is 1.46. The van der Waals surface area contributed by atoms with Crippen LogP contribution >= 0.6 is 0 Å². The van der Waals surface area contributed by atoms with Crippen molar-refractivity contribution in [1.82, 2.24) is 5.32 Å². The molecule has 0 aromatic carbocycles. The monoisotopic (exact) mass is 247 g/mol. The normalized spacial score (nSPS) is 16.2. The summed E-state index contributed by atoms with van der Waals surface area (Å²) in [7, 11) is 0. The first-order valence-electron chi connectivity index (χ1n) is 5.94. The van der Waals surface area contributed by atoms with Gasteiger partial charge in [-0.3, -0.25) is 0 Å². The first kappa shape index (κ1) is 16.1. The molecule has 0 aromatic rings. The number of amidine groups is 1. The number of nitrogens with zero attached hydrogens (tertiary/aromatic N) is 1. The summed E-state index contributed by atoms with van der Waals surface area (Å²) in [6.07, 6.45) is 0.520. The second-order valence-electron chi connectivity index (χ2n) is 4.50. The van der Waals surface area contributed by atoms with Crippen molar-refractivity contribution < 1.29 is 15.1 Å². The van der Waals surface area contributed by atoms with Gasteiger partial charge in [-0.05, 0) is 19.3 Å². The second kappa shape index (κ2) is 9.21. The summed E-state index contributed by atoms with van der Waals surface area (Å²) >= 11 is 0. The lowest BCUT2D eigenvalue weighted by Gasteiger charge is -2.19. The Morgan fingerprint density at radius 2 is 2.06 bits per heavy atom. The minimum Gasteiger partial charge on any atom is -0.409 e. The quantitative estimate of drug-likeness (QED) is 0.153. The van der Waals surface area contributed by atoms with E-state index in [0.29, 0.717) is 19.1 Å². The van der Waals surface area contributed by atoms with E-state index in [4.69, 9.17) is 20.8 Å². The molecule has 0 saturated carbocycles. The number of oxime groups is 1. The number of hydrogen-bond donors (Lipinski definition) is 4. The van der Waals surface area contributed by atoms with Crippen molar-refractivity contribution in [3.63, 3.8) is 0 Å². The molecule has 102 valence electrons. The number of nitrogens with two attached hydrogens (primary N) is 1. The minimum absolute atomic E-state index is 0.0610. The zero-order valence-electron chi connectivity index (χ0n) is 10.9. The molecule has 0 saturated heterocycles. The molecule has 0 amide bonds. The van der Waals surface area contributed by atoms with Gasteiger partial charge in [-0.25, -0.2) is 0 Å². The van der Waals surface area contributed by atoms with Gasteiger partial charge in [0.05, 0.1) is 13.2 Å². The summed E-state index contributed by atoms with van der Waals surface area (Å²) in [4.78, 5) is 0. The van der Waals surface area contributed by atoms with Gasteiger partial charge in [0.15, 0.2) is 5.84 Å². The second-order valence-corrected chi connectivity index (χ2v) is 4.50. The number of nitrogens with one attached hydrogen (secondary N) is 1. The van der Waals surface area contributed by atoms with Crippen LogP contribution in [0.1, 0.15) is 27.2 Å². The molecule has 0 aliphatic carbocycles. The van der Waals surface area contributed by atoms with Crippen LogP contribution in [-0.4, -0.2) is 48.1 Å². The summed E-state index contributed by atoms with van der Waals surface area (Å²) in [5.41, 5.74) is 5.37. The molecule has 0 bridgehead atoms. The Labute approximate surface area is 103 Å². The molecule has 0 spiro atoms. The summed E-state index contributed by atoms with van der Waals surface area (Å²) < 4.78 is 5.33. The van der Waals surface area contributed by atoms with E-state index in [-0.39, 0.29) is 18.5 Å². The average molecular weight is 247 g/mol. The van der Waals surface area contributed by atoms with Crippen molar-refractivity contribution in [3.8, 4) is 0 Å². The van der Waals surface area contributed by atoms with Gasteiger partial charge in [-0.1, -0.05) is 19.0 Å². The molecule has 0 aliphatic heterocycles. The van der Waals surface area contributed by atoms with E-state index in [9.17, 15) is 0 Å². The van der Waals surface area contributed by atoms with Gasteiger partial charge in [0.25, 0.3) is 0 Å². The number of ether oxygens (including phenoxy) is 1. The molecule has 0 aliphatic rings. The molecular weight excluding hydrogens is 222 g/mol. The minimum atomic E-state index is -0.403. The van der Waals surface area contributed by atoms with Gasteiger partial charge in [0, 0.05) is 12.6 Å². The molecule has 0 heterocycles. The van der Waals surface area contributed by atoms with Crippen molar-refractivity contribution in [2.75, 3.05) is 19.8 Å². The van der Waals surface area contributed by atoms with Crippen molar-refractivity contribution >= 4 is 5.84 Å². The third kappa shape index (κ3) is 7.95. The number of aliphatic hydroxyl groups excluding tert-OH is 1. The topological polar surface area (TPSA) is 100 Å². The molecular formula is C11H25N3O3. The first-order chi connectivity index (χ1) is 8.01. The van der Waals surface area contributed by atoms with Crippen LogP contribution in [0.15, 0.2) is 5.16 Å². The average Bonchev–Trinajstić information content (AvgIpc) is 2.30. The predicted molar refractivity (Wildman–Crippen MR) is 67.2 cm³/mol. The van der Waals surface area contributed by atoms with Crippen molar-refractivity contribution in [1.29, 1.82) is 0 Å². The van der Waals surface area contributed by atoms with Crippen molar-refractivity contribution in [2.24, 2.45) is 16.8 Å². The van der Waals surface area contributed by atoms with Crippen LogP contribution in [0.4, 0.5) is 0 Å². The zero-order chi connectivity index (χ0) is 13.3. The van der Waals surface area contributed by atoms with Crippen LogP contribution in [0.2, 0.25) is 0 Å². The van der Waals surface area contributed by atoms with Crippen molar-refractivity contribution in [3.05, 3.63) is 0 Å². The third-order valence-electron chi connectivity index (χ3n) is 2.41. The van der Waals surface area contributed by atoms with Gasteiger partial charge >= 0.3 is 0 Å². The van der Waals surface area contributed by atoms with Gasteiger partial charge in [-0.2, -0.15) is 0 Å².